The number of nitrogens with zero attached hydrogens (tertiary/aromatic N) is 1. The molecule has 0 aromatic heterocycles. The van der Waals surface area contributed by atoms with Crippen LogP contribution in [0.1, 0.15) is 11.1 Å². The molecule has 0 aliphatic carbocycles. The Morgan fingerprint density at radius 2 is 1.41 bits per heavy atom. The number of non-ortho nitro benzene ring substituents is 1. The summed E-state index contributed by atoms with van der Waals surface area (Å²) in [6.45, 7) is 0. The Hall–Kier alpha value is -2.51. The highest BCUT2D eigenvalue weighted by atomic mass is 19.2. The summed E-state index contributed by atoms with van der Waals surface area (Å²) in [5, 5.41) is 10.6. The molecule has 116 valence electrons. The van der Waals surface area contributed by atoms with Crippen LogP contribution < -0.4 is 0 Å². The van der Waals surface area contributed by atoms with Crippen molar-refractivity contribution in [1.29, 1.82) is 0 Å². The minimum atomic E-state index is -2.21. The van der Waals surface area contributed by atoms with Gasteiger partial charge in [-0.25, -0.2) is 22.0 Å². The Balaban J connectivity index is 2.29. The molecule has 0 N–H and O–H groups in total. The SMILES string of the molecule is O=[N+]([O-])c1cccc(CCc2c(F)c(F)c(F)c(F)c2F)c1. The van der Waals surface area contributed by atoms with E-state index in [-0.39, 0.29) is 12.1 Å². The van der Waals surface area contributed by atoms with Crippen LogP contribution in [0.5, 0.6) is 0 Å². The van der Waals surface area contributed by atoms with E-state index < -0.39 is 46.0 Å². The predicted octanol–water partition coefficient (Wildman–Crippen LogP) is 4.08. The first-order chi connectivity index (χ1) is 10.3. The Morgan fingerprint density at radius 1 is 0.864 bits per heavy atom. The molecule has 2 rings (SSSR count). The second-order valence-electron chi connectivity index (χ2n) is 4.48. The lowest BCUT2D eigenvalue weighted by Crippen LogP contribution is -2.08. The summed E-state index contributed by atoms with van der Waals surface area (Å²) < 4.78 is 66.0. The van der Waals surface area contributed by atoms with Gasteiger partial charge in [0.1, 0.15) is 0 Å². The van der Waals surface area contributed by atoms with E-state index in [0.717, 1.165) is 0 Å². The van der Waals surface area contributed by atoms with E-state index >= 15 is 0 Å². The Morgan fingerprint density at radius 3 is 1.95 bits per heavy atom. The molecule has 0 bridgehead atoms. The molecule has 0 aliphatic rings. The van der Waals surface area contributed by atoms with Crippen LogP contribution in [0.15, 0.2) is 24.3 Å². The fraction of sp³-hybridized carbons (Fsp3) is 0.143. The van der Waals surface area contributed by atoms with Crippen LogP contribution in [-0.2, 0) is 12.8 Å². The van der Waals surface area contributed by atoms with Crippen LogP contribution in [-0.4, -0.2) is 4.92 Å². The van der Waals surface area contributed by atoms with Crippen molar-refractivity contribution in [3.63, 3.8) is 0 Å². The number of halogens is 5. The van der Waals surface area contributed by atoms with Gasteiger partial charge in [0.25, 0.3) is 5.69 Å². The van der Waals surface area contributed by atoms with Gasteiger partial charge in [0, 0.05) is 17.7 Å². The summed E-state index contributed by atoms with van der Waals surface area (Å²) in [5.74, 6) is -10.0. The number of nitro groups is 1. The third-order valence-electron chi connectivity index (χ3n) is 3.09. The van der Waals surface area contributed by atoms with E-state index in [1.54, 1.807) is 0 Å². The quantitative estimate of drug-likeness (QED) is 0.280. The minimum absolute atomic E-state index is 0.111. The average Bonchev–Trinajstić information content (AvgIpc) is 2.51. The molecule has 0 saturated heterocycles. The summed E-state index contributed by atoms with van der Waals surface area (Å²) in [5.41, 5.74) is -0.823. The molecule has 8 heteroatoms. The molecular formula is C14H8F5NO2. The zero-order chi connectivity index (χ0) is 16.4. The fourth-order valence-electron chi connectivity index (χ4n) is 1.96. The normalized spacial score (nSPS) is 10.8. The standard InChI is InChI=1S/C14H8F5NO2/c15-10-9(11(16)13(18)14(19)12(10)17)5-4-7-2-1-3-8(6-7)20(21)22/h1-3,6H,4-5H2. The number of aryl methyl sites for hydroxylation is 1. The third kappa shape index (κ3) is 2.90. The van der Waals surface area contributed by atoms with Crippen LogP contribution in [0, 0.1) is 39.2 Å². The zero-order valence-corrected chi connectivity index (χ0v) is 10.9. The van der Waals surface area contributed by atoms with Crippen LogP contribution in [0.3, 0.4) is 0 Å². The van der Waals surface area contributed by atoms with Gasteiger partial charge in [-0.1, -0.05) is 12.1 Å². The Labute approximate surface area is 121 Å². The van der Waals surface area contributed by atoms with Crippen molar-refractivity contribution in [1.82, 2.24) is 0 Å². The summed E-state index contributed by atoms with van der Waals surface area (Å²) in [4.78, 5) is 9.96. The predicted molar refractivity (Wildman–Crippen MR) is 66.7 cm³/mol. The number of hydrogen-bond donors (Lipinski definition) is 0. The number of rotatable bonds is 4. The van der Waals surface area contributed by atoms with Gasteiger partial charge in [-0.3, -0.25) is 10.1 Å². The van der Waals surface area contributed by atoms with Crippen LogP contribution in [0.25, 0.3) is 0 Å². The monoisotopic (exact) mass is 317 g/mol. The topological polar surface area (TPSA) is 43.1 Å². The second-order valence-corrected chi connectivity index (χ2v) is 4.48. The highest BCUT2D eigenvalue weighted by molar-refractivity contribution is 5.35. The van der Waals surface area contributed by atoms with Gasteiger partial charge in [-0.05, 0) is 18.4 Å². The van der Waals surface area contributed by atoms with Crippen LogP contribution in [0.4, 0.5) is 27.6 Å². The highest BCUT2D eigenvalue weighted by Gasteiger charge is 2.25. The lowest BCUT2D eigenvalue weighted by Gasteiger charge is -2.08. The molecule has 0 atom stereocenters. The first-order valence-electron chi connectivity index (χ1n) is 6.06. The highest BCUT2D eigenvalue weighted by Crippen LogP contribution is 2.24. The molecule has 0 heterocycles. The van der Waals surface area contributed by atoms with Crippen molar-refractivity contribution in [2.75, 3.05) is 0 Å². The lowest BCUT2D eigenvalue weighted by molar-refractivity contribution is -0.384. The summed E-state index contributed by atoms with van der Waals surface area (Å²) in [6, 6.07) is 5.22. The second kappa shape index (κ2) is 6.08. The van der Waals surface area contributed by atoms with Crippen molar-refractivity contribution in [3.05, 3.63) is 74.6 Å². The van der Waals surface area contributed by atoms with Crippen molar-refractivity contribution < 1.29 is 26.9 Å². The minimum Gasteiger partial charge on any atom is -0.258 e. The number of hydrogen-bond acceptors (Lipinski definition) is 2. The molecule has 2 aromatic carbocycles. The summed E-state index contributed by atoms with van der Waals surface area (Å²) in [7, 11) is 0. The molecule has 0 aliphatic heterocycles. The van der Waals surface area contributed by atoms with Gasteiger partial charge in [0.2, 0.25) is 5.82 Å². The van der Waals surface area contributed by atoms with E-state index in [4.69, 9.17) is 0 Å². The lowest BCUT2D eigenvalue weighted by atomic mass is 10.0. The van der Waals surface area contributed by atoms with Gasteiger partial charge in [0.15, 0.2) is 23.3 Å². The van der Waals surface area contributed by atoms with Gasteiger partial charge >= 0.3 is 0 Å². The van der Waals surface area contributed by atoms with Crippen molar-refractivity contribution in [2.45, 2.75) is 12.8 Å². The molecule has 0 spiro atoms. The van der Waals surface area contributed by atoms with Crippen molar-refractivity contribution >= 4 is 5.69 Å². The first-order valence-corrected chi connectivity index (χ1v) is 6.06. The molecule has 3 nitrogen and oxygen atoms in total. The Kier molecular flexibility index (Phi) is 4.39. The first kappa shape index (κ1) is 15.9. The van der Waals surface area contributed by atoms with Gasteiger partial charge in [-0.2, -0.15) is 0 Å². The van der Waals surface area contributed by atoms with E-state index in [1.807, 2.05) is 0 Å². The fourth-order valence-corrected chi connectivity index (χ4v) is 1.96. The van der Waals surface area contributed by atoms with Crippen LogP contribution >= 0.6 is 0 Å². The smallest absolute Gasteiger partial charge is 0.258 e. The molecule has 0 amide bonds. The van der Waals surface area contributed by atoms with E-state index in [9.17, 15) is 32.1 Å². The largest absolute Gasteiger partial charge is 0.269 e. The maximum atomic E-state index is 13.5. The molecule has 22 heavy (non-hydrogen) atoms. The average molecular weight is 317 g/mol. The van der Waals surface area contributed by atoms with E-state index in [1.165, 1.54) is 24.3 Å². The van der Waals surface area contributed by atoms with Crippen LogP contribution in [0.2, 0.25) is 0 Å². The molecular weight excluding hydrogens is 309 g/mol. The molecule has 0 saturated carbocycles. The summed E-state index contributed by atoms with van der Waals surface area (Å²) >= 11 is 0. The number of nitro benzene ring substituents is 1. The maximum Gasteiger partial charge on any atom is 0.269 e. The van der Waals surface area contributed by atoms with Gasteiger partial charge in [0.05, 0.1) is 4.92 Å². The molecule has 0 unspecified atom stereocenters. The number of benzene rings is 2. The maximum absolute atomic E-state index is 13.5. The Bertz CT molecular complexity index is 719. The van der Waals surface area contributed by atoms with Crippen molar-refractivity contribution in [3.8, 4) is 0 Å². The summed E-state index contributed by atoms with van der Waals surface area (Å²) in [6.07, 6.45) is -0.590. The van der Waals surface area contributed by atoms with Crippen molar-refractivity contribution in [2.24, 2.45) is 0 Å². The third-order valence-corrected chi connectivity index (χ3v) is 3.09. The van der Waals surface area contributed by atoms with E-state index in [0.29, 0.717) is 5.56 Å². The van der Waals surface area contributed by atoms with Gasteiger partial charge < -0.3 is 0 Å². The van der Waals surface area contributed by atoms with Gasteiger partial charge in [-0.15, -0.1) is 0 Å². The zero-order valence-electron chi connectivity index (χ0n) is 10.9. The van der Waals surface area contributed by atoms with E-state index in [2.05, 4.69) is 0 Å². The molecule has 0 radical (unpaired) electrons. The molecule has 2 aromatic rings. The molecule has 0 fully saturated rings.